The Labute approximate surface area is 188 Å². The van der Waals surface area contributed by atoms with Crippen molar-refractivity contribution in [1.82, 2.24) is 15.5 Å². The number of imide groups is 1. The van der Waals surface area contributed by atoms with E-state index in [2.05, 4.69) is 26.1 Å². The summed E-state index contributed by atoms with van der Waals surface area (Å²) in [4.78, 5) is 24.6. The SMILES string of the molecule is COc1ccccc1Nc1nnc(SC(C)C(=O)NC(=O)Nc2ccc(C)cc2C)s1. The van der Waals surface area contributed by atoms with E-state index in [1.165, 1.54) is 23.1 Å². The predicted octanol–water partition coefficient (Wildman–Crippen LogP) is 4.74. The first-order valence-corrected chi connectivity index (χ1v) is 11.1. The number of rotatable bonds is 7. The monoisotopic (exact) mass is 457 g/mol. The molecule has 3 N–H and O–H groups in total. The highest BCUT2D eigenvalue weighted by atomic mass is 32.2. The summed E-state index contributed by atoms with van der Waals surface area (Å²) in [5.74, 6) is 0.274. The summed E-state index contributed by atoms with van der Waals surface area (Å²) in [6.07, 6.45) is 0. The van der Waals surface area contributed by atoms with Crippen molar-refractivity contribution in [2.24, 2.45) is 0 Å². The summed E-state index contributed by atoms with van der Waals surface area (Å²) < 4.78 is 5.92. The first kappa shape index (κ1) is 22.6. The van der Waals surface area contributed by atoms with E-state index in [9.17, 15) is 9.59 Å². The van der Waals surface area contributed by atoms with Gasteiger partial charge in [0.25, 0.3) is 0 Å². The van der Waals surface area contributed by atoms with Crippen LogP contribution < -0.4 is 20.7 Å². The number of thioether (sulfide) groups is 1. The van der Waals surface area contributed by atoms with E-state index >= 15 is 0 Å². The number of amides is 3. The van der Waals surface area contributed by atoms with Crippen LogP contribution in [0.25, 0.3) is 0 Å². The topological polar surface area (TPSA) is 105 Å². The third-order valence-electron chi connectivity index (χ3n) is 4.27. The van der Waals surface area contributed by atoms with E-state index in [0.717, 1.165) is 16.8 Å². The lowest BCUT2D eigenvalue weighted by Crippen LogP contribution is -2.39. The predicted molar refractivity (Wildman–Crippen MR) is 125 cm³/mol. The van der Waals surface area contributed by atoms with Gasteiger partial charge in [-0.2, -0.15) is 0 Å². The number of carbonyl (C=O) groups is 2. The standard InChI is InChI=1S/C21H23N5O3S2/c1-12-9-10-15(13(2)11-12)22-19(28)24-18(27)14(3)30-21-26-25-20(31-21)23-16-7-5-6-8-17(16)29-4/h5-11,14H,1-4H3,(H,23,25)(H2,22,24,27,28). The smallest absolute Gasteiger partial charge is 0.325 e. The molecule has 2 aromatic carbocycles. The minimum absolute atomic E-state index is 0.415. The van der Waals surface area contributed by atoms with Crippen molar-refractivity contribution in [3.63, 3.8) is 0 Å². The number of methoxy groups -OCH3 is 1. The Morgan fingerprint density at radius 3 is 2.61 bits per heavy atom. The van der Waals surface area contributed by atoms with Crippen LogP contribution in [0, 0.1) is 13.8 Å². The Morgan fingerprint density at radius 1 is 1.10 bits per heavy atom. The van der Waals surface area contributed by atoms with Gasteiger partial charge in [-0.25, -0.2) is 4.79 Å². The van der Waals surface area contributed by atoms with Crippen LogP contribution in [0.3, 0.4) is 0 Å². The highest BCUT2D eigenvalue weighted by Crippen LogP contribution is 2.33. The van der Waals surface area contributed by atoms with Crippen LogP contribution in [0.2, 0.25) is 0 Å². The molecule has 0 radical (unpaired) electrons. The lowest BCUT2D eigenvalue weighted by atomic mass is 10.1. The van der Waals surface area contributed by atoms with Crippen LogP contribution in [0.4, 0.5) is 21.3 Å². The summed E-state index contributed by atoms with van der Waals surface area (Å²) in [5, 5.41) is 16.5. The molecule has 0 aliphatic rings. The van der Waals surface area contributed by atoms with Gasteiger partial charge in [0.1, 0.15) is 5.75 Å². The number of anilines is 3. The maximum atomic E-state index is 12.4. The zero-order chi connectivity index (χ0) is 22.4. The summed E-state index contributed by atoms with van der Waals surface area (Å²) in [6.45, 7) is 5.58. The van der Waals surface area contributed by atoms with Crippen molar-refractivity contribution in [2.45, 2.75) is 30.4 Å². The molecule has 0 fully saturated rings. The van der Waals surface area contributed by atoms with Gasteiger partial charge in [-0.05, 0) is 44.5 Å². The van der Waals surface area contributed by atoms with Crippen molar-refractivity contribution in [3.8, 4) is 5.75 Å². The van der Waals surface area contributed by atoms with Crippen LogP contribution in [0.5, 0.6) is 5.75 Å². The fraction of sp³-hybridized carbons (Fsp3) is 0.238. The van der Waals surface area contributed by atoms with E-state index in [-0.39, 0.29) is 0 Å². The molecule has 1 atom stereocenters. The van der Waals surface area contributed by atoms with E-state index in [4.69, 9.17) is 4.74 Å². The second kappa shape index (κ2) is 10.3. The number of hydrogen-bond donors (Lipinski definition) is 3. The van der Waals surface area contributed by atoms with Gasteiger partial charge < -0.3 is 15.4 Å². The molecule has 8 nitrogen and oxygen atoms in total. The van der Waals surface area contributed by atoms with Crippen molar-refractivity contribution >= 4 is 51.5 Å². The zero-order valence-corrected chi connectivity index (χ0v) is 19.2. The van der Waals surface area contributed by atoms with Crippen LogP contribution in [-0.4, -0.2) is 34.5 Å². The Morgan fingerprint density at radius 2 is 1.87 bits per heavy atom. The second-order valence-electron chi connectivity index (χ2n) is 6.72. The zero-order valence-electron chi connectivity index (χ0n) is 17.6. The summed E-state index contributed by atoms with van der Waals surface area (Å²) in [6, 6.07) is 12.6. The molecule has 0 aliphatic carbocycles. The molecule has 10 heteroatoms. The number of nitrogens with one attached hydrogen (secondary N) is 3. The van der Waals surface area contributed by atoms with Gasteiger partial charge in [-0.15, -0.1) is 10.2 Å². The molecule has 0 spiro atoms. The number of aromatic nitrogens is 2. The third-order valence-corrected chi connectivity index (χ3v) is 6.29. The van der Waals surface area contributed by atoms with Gasteiger partial charge >= 0.3 is 6.03 Å². The van der Waals surface area contributed by atoms with E-state index < -0.39 is 17.2 Å². The molecule has 3 rings (SSSR count). The van der Waals surface area contributed by atoms with Crippen molar-refractivity contribution < 1.29 is 14.3 Å². The molecule has 31 heavy (non-hydrogen) atoms. The van der Waals surface area contributed by atoms with E-state index in [1.807, 2.05) is 56.3 Å². The number of urea groups is 1. The quantitative estimate of drug-likeness (QED) is 0.440. The molecule has 0 bridgehead atoms. The molecule has 1 aromatic heterocycles. The molecule has 0 aliphatic heterocycles. The number of aryl methyl sites for hydroxylation is 2. The maximum Gasteiger partial charge on any atom is 0.325 e. The molecule has 3 aromatic rings. The first-order valence-electron chi connectivity index (χ1n) is 9.45. The van der Waals surface area contributed by atoms with Crippen molar-refractivity contribution in [3.05, 3.63) is 53.6 Å². The molecule has 0 saturated heterocycles. The number of benzene rings is 2. The highest BCUT2D eigenvalue weighted by Gasteiger charge is 2.20. The van der Waals surface area contributed by atoms with Gasteiger partial charge in [-0.1, -0.05) is 52.9 Å². The number of nitrogens with zero attached hydrogens (tertiary/aromatic N) is 2. The van der Waals surface area contributed by atoms with Crippen molar-refractivity contribution in [1.29, 1.82) is 0 Å². The van der Waals surface area contributed by atoms with Gasteiger partial charge in [-0.3, -0.25) is 10.1 Å². The van der Waals surface area contributed by atoms with Gasteiger partial charge in [0.05, 0.1) is 18.0 Å². The Hall–Kier alpha value is -3.11. The fourth-order valence-corrected chi connectivity index (χ4v) is 4.61. The lowest BCUT2D eigenvalue weighted by Gasteiger charge is -2.12. The molecular weight excluding hydrogens is 434 g/mol. The molecule has 1 heterocycles. The Kier molecular flexibility index (Phi) is 7.48. The van der Waals surface area contributed by atoms with E-state index in [0.29, 0.717) is 20.9 Å². The largest absolute Gasteiger partial charge is 0.495 e. The summed E-state index contributed by atoms with van der Waals surface area (Å²) in [7, 11) is 1.60. The molecule has 1 unspecified atom stereocenters. The molecular formula is C21H23N5O3S2. The molecule has 0 saturated carbocycles. The van der Waals surface area contributed by atoms with Gasteiger partial charge in [0, 0.05) is 5.69 Å². The van der Waals surface area contributed by atoms with Crippen LogP contribution in [0.15, 0.2) is 46.8 Å². The van der Waals surface area contributed by atoms with Crippen LogP contribution >= 0.6 is 23.1 Å². The van der Waals surface area contributed by atoms with Gasteiger partial charge in [0.2, 0.25) is 11.0 Å². The fourth-order valence-electron chi connectivity index (χ4n) is 2.70. The Balaban J connectivity index is 1.54. The average Bonchev–Trinajstić information content (AvgIpc) is 3.17. The van der Waals surface area contributed by atoms with Crippen LogP contribution in [0.1, 0.15) is 18.1 Å². The Bertz CT molecular complexity index is 1090. The second-order valence-corrected chi connectivity index (χ2v) is 9.29. The highest BCUT2D eigenvalue weighted by molar-refractivity contribution is 8.02. The number of carbonyl (C=O) groups excluding carboxylic acids is 2. The summed E-state index contributed by atoms with van der Waals surface area (Å²) >= 11 is 2.54. The minimum Gasteiger partial charge on any atom is -0.495 e. The van der Waals surface area contributed by atoms with Crippen molar-refractivity contribution in [2.75, 3.05) is 17.7 Å². The van der Waals surface area contributed by atoms with Crippen LogP contribution in [-0.2, 0) is 4.79 Å². The number of para-hydroxylation sites is 2. The average molecular weight is 458 g/mol. The van der Waals surface area contributed by atoms with E-state index in [1.54, 1.807) is 14.0 Å². The lowest BCUT2D eigenvalue weighted by molar-refractivity contribution is -0.119. The molecule has 162 valence electrons. The first-order chi connectivity index (χ1) is 14.9. The summed E-state index contributed by atoms with van der Waals surface area (Å²) in [5.41, 5.74) is 3.45. The number of ether oxygens (including phenoxy) is 1. The maximum absolute atomic E-state index is 12.4. The minimum atomic E-state index is -0.569. The number of hydrogen-bond acceptors (Lipinski definition) is 8. The normalized spacial score (nSPS) is 11.5. The van der Waals surface area contributed by atoms with Gasteiger partial charge in [0.15, 0.2) is 4.34 Å². The molecule has 3 amide bonds. The third kappa shape index (κ3) is 6.19.